The molecular formula is C29H24N3O5-. The zero-order valence-corrected chi connectivity index (χ0v) is 20.3. The summed E-state index contributed by atoms with van der Waals surface area (Å²) in [6, 6.07) is 18.7. The Morgan fingerprint density at radius 3 is 2.54 bits per heavy atom. The number of pyridine rings is 1. The van der Waals surface area contributed by atoms with Crippen molar-refractivity contribution in [3.8, 4) is 34.3 Å². The van der Waals surface area contributed by atoms with Crippen LogP contribution in [0.25, 0.3) is 22.4 Å². The number of aryl methyl sites for hydroxylation is 1. The van der Waals surface area contributed by atoms with Crippen molar-refractivity contribution in [2.24, 2.45) is 0 Å². The number of rotatable bonds is 7. The van der Waals surface area contributed by atoms with E-state index in [4.69, 9.17) is 18.9 Å². The molecule has 0 aliphatic carbocycles. The van der Waals surface area contributed by atoms with E-state index in [-0.39, 0.29) is 18.1 Å². The maximum Gasteiger partial charge on any atom is 0.233 e. The molecule has 8 nitrogen and oxygen atoms in total. The molecule has 186 valence electrons. The van der Waals surface area contributed by atoms with Gasteiger partial charge in [-0.05, 0) is 53.9 Å². The highest BCUT2D eigenvalue weighted by molar-refractivity contribution is 5.86. The molecular weight excluding hydrogens is 470 g/mol. The Balaban J connectivity index is 1.49. The highest BCUT2D eigenvalue weighted by atomic mass is 16.5. The molecule has 2 aromatic carbocycles. The quantitative estimate of drug-likeness (QED) is 0.379. The number of carboxylic acids is 1. The predicted molar refractivity (Wildman–Crippen MR) is 135 cm³/mol. The molecule has 1 aliphatic rings. The minimum atomic E-state index is -1.24. The van der Waals surface area contributed by atoms with Crippen molar-refractivity contribution in [2.45, 2.75) is 13.5 Å². The molecule has 1 aliphatic heterocycles. The van der Waals surface area contributed by atoms with Crippen molar-refractivity contribution < 1.29 is 23.8 Å². The van der Waals surface area contributed by atoms with Crippen molar-refractivity contribution in [3.63, 3.8) is 0 Å². The molecule has 0 N–H and O–H groups in total. The van der Waals surface area contributed by atoms with E-state index >= 15 is 0 Å². The van der Waals surface area contributed by atoms with E-state index in [1.807, 2.05) is 18.2 Å². The fraction of sp³-hybridized carbons (Fsp3) is 0.207. The van der Waals surface area contributed by atoms with Crippen LogP contribution in [-0.4, -0.2) is 37.3 Å². The molecule has 3 heterocycles. The van der Waals surface area contributed by atoms with Gasteiger partial charge >= 0.3 is 0 Å². The number of furan rings is 1. The summed E-state index contributed by atoms with van der Waals surface area (Å²) in [5, 5.41) is 21.2. The van der Waals surface area contributed by atoms with Crippen LogP contribution in [0.4, 0.5) is 5.69 Å². The first-order valence-corrected chi connectivity index (χ1v) is 11.9. The van der Waals surface area contributed by atoms with E-state index < -0.39 is 5.97 Å². The molecule has 4 aromatic rings. The van der Waals surface area contributed by atoms with Crippen LogP contribution in [0.5, 0.6) is 5.88 Å². The third-order valence-corrected chi connectivity index (χ3v) is 6.41. The fourth-order valence-corrected chi connectivity index (χ4v) is 4.32. The Bertz CT molecular complexity index is 1450. The number of aromatic nitrogens is 1. The number of carboxylic acid groups (broad SMARTS) is 1. The second-order valence-corrected chi connectivity index (χ2v) is 8.72. The first kappa shape index (κ1) is 24.1. The summed E-state index contributed by atoms with van der Waals surface area (Å²) in [4.78, 5) is 18.1. The van der Waals surface area contributed by atoms with Crippen molar-refractivity contribution in [1.82, 2.24) is 4.98 Å². The number of nitriles is 1. The highest BCUT2D eigenvalue weighted by Gasteiger charge is 2.18. The summed E-state index contributed by atoms with van der Waals surface area (Å²) < 4.78 is 16.8. The summed E-state index contributed by atoms with van der Waals surface area (Å²) >= 11 is 0. The van der Waals surface area contributed by atoms with E-state index in [0.717, 1.165) is 41.0 Å². The van der Waals surface area contributed by atoms with Gasteiger partial charge in [0.05, 0.1) is 37.4 Å². The largest absolute Gasteiger partial charge is 0.545 e. The number of carbonyl (C=O) groups excluding carboxylic acids is 1. The number of hydrogen-bond acceptors (Lipinski definition) is 8. The number of anilines is 1. The maximum atomic E-state index is 11.2. The minimum absolute atomic E-state index is 0.0989. The van der Waals surface area contributed by atoms with Gasteiger partial charge in [-0.15, -0.1) is 0 Å². The van der Waals surface area contributed by atoms with E-state index in [2.05, 4.69) is 23.1 Å². The molecule has 0 spiro atoms. The van der Waals surface area contributed by atoms with Crippen molar-refractivity contribution in [3.05, 3.63) is 89.4 Å². The molecule has 1 fully saturated rings. The monoisotopic (exact) mass is 494 g/mol. The summed E-state index contributed by atoms with van der Waals surface area (Å²) in [6.07, 6.45) is 3.13. The second-order valence-electron chi connectivity index (χ2n) is 8.72. The second kappa shape index (κ2) is 10.6. The van der Waals surface area contributed by atoms with E-state index in [9.17, 15) is 15.2 Å². The molecule has 1 saturated heterocycles. The van der Waals surface area contributed by atoms with Gasteiger partial charge in [-0.25, -0.2) is 4.98 Å². The molecule has 0 radical (unpaired) electrons. The zero-order valence-electron chi connectivity index (χ0n) is 20.3. The summed E-state index contributed by atoms with van der Waals surface area (Å²) in [5.74, 6) is -1.04. The molecule has 5 rings (SSSR count). The Labute approximate surface area is 214 Å². The van der Waals surface area contributed by atoms with Crippen molar-refractivity contribution in [1.29, 1.82) is 5.26 Å². The molecule has 0 atom stereocenters. The van der Waals surface area contributed by atoms with Gasteiger partial charge in [0.2, 0.25) is 5.88 Å². The number of ether oxygens (including phenoxy) is 2. The third-order valence-electron chi connectivity index (χ3n) is 6.41. The lowest BCUT2D eigenvalue weighted by molar-refractivity contribution is -0.255. The summed E-state index contributed by atoms with van der Waals surface area (Å²) in [6.45, 7) is 5.03. The van der Waals surface area contributed by atoms with Gasteiger partial charge in [0.25, 0.3) is 0 Å². The van der Waals surface area contributed by atoms with E-state index in [1.54, 1.807) is 31.6 Å². The van der Waals surface area contributed by atoms with Gasteiger partial charge in [0.1, 0.15) is 18.2 Å². The number of aromatic carboxylic acids is 1. The van der Waals surface area contributed by atoms with Crippen LogP contribution in [0.1, 0.15) is 27.0 Å². The Kier molecular flexibility index (Phi) is 6.88. The lowest BCUT2D eigenvalue weighted by Crippen LogP contribution is -2.36. The van der Waals surface area contributed by atoms with Crippen molar-refractivity contribution in [2.75, 3.05) is 31.2 Å². The van der Waals surface area contributed by atoms with Crippen LogP contribution >= 0.6 is 0 Å². The average molecular weight is 495 g/mol. The number of benzene rings is 2. The van der Waals surface area contributed by atoms with Crippen LogP contribution in [0.2, 0.25) is 0 Å². The van der Waals surface area contributed by atoms with Crippen LogP contribution in [0, 0.1) is 18.3 Å². The van der Waals surface area contributed by atoms with Gasteiger partial charge in [-0.2, -0.15) is 5.26 Å². The number of hydrogen-bond donors (Lipinski definition) is 0. The maximum absolute atomic E-state index is 11.2. The molecule has 0 bridgehead atoms. The minimum Gasteiger partial charge on any atom is -0.545 e. The smallest absolute Gasteiger partial charge is 0.233 e. The number of carbonyl (C=O) groups is 1. The Morgan fingerprint density at radius 2 is 1.89 bits per heavy atom. The van der Waals surface area contributed by atoms with Crippen LogP contribution in [0.3, 0.4) is 0 Å². The fourth-order valence-electron chi connectivity index (χ4n) is 4.32. The summed E-state index contributed by atoms with van der Waals surface area (Å²) in [5.41, 5.74) is 5.95. The predicted octanol–water partition coefficient (Wildman–Crippen LogP) is 3.97. The number of morpholine rings is 1. The van der Waals surface area contributed by atoms with Gasteiger partial charge in [0, 0.05) is 35.5 Å². The Morgan fingerprint density at radius 1 is 1.11 bits per heavy atom. The van der Waals surface area contributed by atoms with Gasteiger partial charge in [0.15, 0.2) is 0 Å². The highest BCUT2D eigenvalue weighted by Crippen LogP contribution is 2.34. The topological polar surface area (TPSA) is 112 Å². The van der Waals surface area contributed by atoms with Gasteiger partial charge in [-0.1, -0.05) is 24.3 Å². The van der Waals surface area contributed by atoms with Crippen LogP contribution in [-0.2, 0) is 11.3 Å². The molecule has 2 aromatic heterocycles. The molecule has 0 amide bonds. The van der Waals surface area contributed by atoms with Crippen molar-refractivity contribution >= 4 is 11.7 Å². The Hall–Kier alpha value is -4.61. The molecule has 8 heteroatoms. The molecule has 0 unspecified atom stereocenters. The molecule has 37 heavy (non-hydrogen) atoms. The lowest BCUT2D eigenvalue weighted by atomic mass is 10.0. The molecule has 0 saturated carbocycles. The lowest BCUT2D eigenvalue weighted by Gasteiger charge is -2.28. The average Bonchev–Trinajstić information content (AvgIpc) is 3.47. The number of nitrogens with zero attached hydrogens (tertiary/aromatic N) is 3. The van der Waals surface area contributed by atoms with E-state index in [1.165, 1.54) is 12.1 Å². The normalized spacial score (nSPS) is 13.2. The first-order chi connectivity index (χ1) is 18.0. The SMILES string of the molecule is Cc1cc(C(=O)[O-])ccc1COc1nc(-c2ccc(N3CCOCC3)cc2)cc(-c2ccoc2)c1C#N. The van der Waals surface area contributed by atoms with Crippen LogP contribution in [0.15, 0.2) is 71.5 Å². The first-order valence-electron chi connectivity index (χ1n) is 11.9. The van der Waals surface area contributed by atoms with Gasteiger partial charge < -0.3 is 28.7 Å². The van der Waals surface area contributed by atoms with Crippen LogP contribution < -0.4 is 14.7 Å². The zero-order chi connectivity index (χ0) is 25.8. The third kappa shape index (κ3) is 5.17. The van der Waals surface area contributed by atoms with Gasteiger partial charge in [-0.3, -0.25) is 0 Å². The standard InChI is InChI=1S/C29H25N3O5/c1-19-14-21(29(33)34)2-3-22(19)18-37-28-26(16-30)25(23-8-11-36-17-23)15-27(31-28)20-4-6-24(7-5-20)32-9-12-35-13-10-32/h2-8,11,14-15,17H,9-10,12-13,18H2,1H3,(H,33,34)/p-1. The van der Waals surface area contributed by atoms with E-state index in [0.29, 0.717) is 30.0 Å². The summed E-state index contributed by atoms with van der Waals surface area (Å²) in [7, 11) is 0.